The molecule has 1 fully saturated rings. The molecule has 0 aromatic carbocycles. The van der Waals surface area contributed by atoms with Crippen LogP contribution in [0.3, 0.4) is 0 Å². The normalized spacial score (nSPS) is 25.4. The van der Waals surface area contributed by atoms with Crippen molar-refractivity contribution >= 4 is 6.09 Å². The molecule has 1 aliphatic rings. The van der Waals surface area contributed by atoms with Gasteiger partial charge in [0.05, 0.1) is 5.60 Å². The van der Waals surface area contributed by atoms with Gasteiger partial charge in [0.25, 0.3) is 6.41 Å². The fourth-order valence-corrected chi connectivity index (χ4v) is 2.05. The minimum Gasteiger partial charge on any atom is -0.441 e. The number of amides is 1. The molecule has 0 saturated heterocycles. The van der Waals surface area contributed by atoms with E-state index in [2.05, 4.69) is 17.2 Å². The summed E-state index contributed by atoms with van der Waals surface area (Å²) in [6.45, 7) is 11.1. The van der Waals surface area contributed by atoms with E-state index in [1.807, 2.05) is 13.8 Å². The van der Waals surface area contributed by atoms with Crippen molar-refractivity contribution in [3.05, 3.63) is 0 Å². The van der Waals surface area contributed by atoms with E-state index in [1.165, 1.54) is 0 Å². The fraction of sp³-hybridized carbons (Fsp3) is 0.923. The minimum atomic E-state index is -1.46. The lowest BCUT2D eigenvalue weighted by Crippen LogP contribution is -2.30. The van der Waals surface area contributed by atoms with Crippen LogP contribution in [0.5, 0.6) is 0 Å². The predicted octanol–water partition coefficient (Wildman–Crippen LogP) is 3.10. The standard InChI is InChI=1S/C13H24N2O4/c1-8-7-9(8)13(5,6)19-11(17)15-14-10(16)18-12(2,3)4/h8-10,16H,7H2,1-6H3/b15-14+. The van der Waals surface area contributed by atoms with E-state index < -0.39 is 23.7 Å². The minimum absolute atomic E-state index is 0.363. The smallest absolute Gasteiger partial charge is 0.441 e. The highest BCUT2D eigenvalue weighted by molar-refractivity contribution is 5.68. The van der Waals surface area contributed by atoms with E-state index in [9.17, 15) is 9.90 Å². The van der Waals surface area contributed by atoms with Crippen LogP contribution in [0.2, 0.25) is 0 Å². The second-order valence-electron chi connectivity index (χ2n) is 6.56. The molecule has 0 spiro atoms. The summed E-state index contributed by atoms with van der Waals surface area (Å²) in [7, 11) is 0. The van der Waals surface area contributed by atoms with Crippen LogP contribution in [0, 0.1) is 11.8 Å². The van der Waals surface area contributed by atoms with Gasteiger partial charge in [0.15, 0.2) is 0 Å². The SMILES string of the molecule is CC1CC1C(C)(C)OC(=O)/N=N/C(O)OC(C)(C)C. The first-order valence-corrected chi connectivity index (χ1v) is 6.51. The Morgan fingerprint density at radius 2 is 1.84 bits per heavy atom. The number of aliphatic hydroxyl groups is 1. The molecular formula is C13H24N2O4. The molecule has 1 rings (SSSR count). The topological polar surface area (TPSA) is 80.5 Å². The zero-order valence-electron chi connectivity index (χ0n) is 12.5. The maximum Gasteiger partial charge on any atom is 0.452 e. The van der Waals surface area contributed by atoms with Gasteiger partial charge >= 0.3 is 6.09 Å². The molecule has 0 bridgehead atoms. The third kappa shape index (κ3) is 5.65. The zero-order chi connectivity index (χ0) is 14.8. The van der Waals surface area contributed by atoms with Gasteiger partial charge in [-0.3, -0.25) is 0 Å². The number of ether oxygens (including phenoxy) is 2. The molecule has 1 saturated carbocycles. The van der Waals surface area contributed by atoms with Gasteiger partial charge in [-0.15, -0.1) is 5.11 Å². The largest absolute Gasteiger partial charge is 0.452 e. The maximum atomic E-state index is 11.5. The number of carbonyl (C=O) groups is 1. The molecule has 6 nitrogen and oxygen atoms in total. The molecule has 1 amide bonds. The first-order chi connectivity index (χ1) is 8.51. The number of aliphatic hydroxyl groups excluding tert-OH is 1. The van der Waals surface area contributed by atoms with Gasteiger partial charge in [-0.25, -0.2) is 4.79 Å². The quantitative estimate of drug-likeness (QED) is 0.630. The Morgan fingerprint density at radius 1 is 1.32 bits per heavy atom. The van der Waals surface area contributed by atoms with Crippen LogP contribution in [-0.4, -0.2) is 28.8 Å². The highest BCUT2D eigenvalue weighted by Crippen LogP contribution is 2.47. The van der Waals surface area contributed by atoms with Crippen LogP contribution in [0.15, 0.2) is 10.2 Å². The molecule has 3 atom stereocenters. The molecule has 0 aromatic heterocycles. The van der Waals surface area contributed by atoms with Crippen LogP contribution in [0.1, 0.15) is 48.0 Å². The molecule has 1 aliphatic carbocycles. The summed E-state index contributed by atoms with van der Waals surface area (Å²) in [5.41, 5.74) is -1.11. The first kappa shape index (κ1) is 16.0. The van der Waals surface area contributed by atoms with Crippen molar-refractivity contribution in [2.75, 3.05) is 0 Å². The van der Waals surface area contributed by atoms with Crippen LogP contribution in [0.25, 0.3) is 0 Å². The lowest BCUT2D eigenvalue weighted by Gasteiger charge is -2.24. The van der Waals surface area contributed by atoms with E-state index in [0.29, 0.717) is 11.8 Å². The monoisotopic (exact) mass is 272 g/mol. The van der Waals surface area contributed by atoms with Crippen LogP contribution >= 0.6 is 0 Å². The summed E-state index contributed by atoms with van der Waals surface area (Å²) in [6, 6.07) is 0. The number of hydrogen-bond donors (Lipinski definition) is 1. The molecule has 0 radical (unpaired) electrons. The third-order valence-corrected chi connectivity index (χ3v) is 3.05. The Bertz CT molecular complexity index is 360. The van der Waals surface area contributed by atoms with Crippen LogP contribution in [-0.2, 0) is 9.47 Å². The van der Waals surface area contributed by atoms with Gasteiger partial charge in [-0.1, -0.05) is 12.0 Å². The summed E-state index contributed by atoms with van der Waals surface area (Å²) < 4.78 is 10.3. The van der Waals surface area contributed by atoms with Gasteiger partial charge in [-0.2, -0.15) is 0 Å². The number of rotatable bonds is 4. The van der Waals surface area contributed by atoms with Crippen molar-refractivity contribution in [2.24, 2.45) is 22.1 Å². The number of carbonyl (C=O) groups excluding carboxylic acids is 1. The Kier molecular flexibility index (Phi) is 4.68. The Morgan fingerprint density at radius 3 is 2.26 bits per heavy atom. The highest BCUT2D eigenvalue weighted by Gasteiger charge is 2.47. The van der Waals surface area contributed by atoms with Crippen molar-refractivity contribution in [2.45, 2.75) is 65.6 Å². The van der Waals surface area contributed by atoms with Gasteiger partial charge in [0.2, 0.25) is 0 Å². The molecule has 110 valence electrons. The third-order valence-electron chi connectivity index (χ3n) is 3.05. The van der Waals surface area contributed by atoms with Crippen molar-refractivity contribution < 1.29 is 19.4 Å². The van der Waals surface area contributed by atoms with E-state index in [1.54, 1.807) is 20.8 Å². The molecule has 6 heteroatoms. The molecular weight excluding hydrogens is 248 g/mol. The first-order valence-electron chi connectivity index (χ1n) is 6.51. The Labute approximate surface area is 114 Å². The highest BCUT2D eigenvalue weighted by atomic mass is 16.6. The average molecular weight is 272 g/mol. The molecule has 3 unspecified atom stereocenters. The summed E-state index contributed by atoms with van der Waals surface area (Å²) in [6.07, 6.45) is -1.22. The summed E-state index contributed by atoms with van der Waals surface area (Å²) in [4.78, 5) is 11.5. The number of hydrogen-bond acceptors (Lipinski definition) is 5. The lowest BCUT2D eigenvalue weighted by molar-refractivity contribution is -0.163. The zero-order valence-corrected chi connectivity index (χ0v) is 12.5. The number of nitrogens with zero attached hydrogens (tertiary/aromatic N) is 2. The van der Waals surface area contributed by atoms with E-state index in [0.717, 1.165) is 6.42 Å². The second-order valence-corrected chi connectivity index (χ2v) is 6.56. The lowest BCUT2D eigenvalue weighted by atomic mass is 10.0. The molecule has 0 aliphatic heterocycles. The maximum absolute atomic E-state index is 11.5. The summed E-state index contributed by atoms with van der Waals surface area (Å²) >= 11 is 0. The van der Waals surface area contributed by atoms with Crippen LogP contribution < -0.4 is 0 Å². The molecule has 0 aromatic rings. The van der Waals surface area contributed by atoms with Crippen molar-refractivity contribution in [1.82, 2.24) is 0 Å². The fourth-order valence-electron chi connectivity index (χ4n) is 2.05. The van der Waals surface area contributed by atoms with Gasteiger partial charge in [0, 0.05) is 5.92 Å². The average Bonchev–Trinajstić information content (AvgIpc) is 2.90. The van der Waals surface area contributed by atoms with E-state index >= 15 is 0 Å². The predicted molar refractivity (Wildman–Crippen MR) is 69.5 cm³/mol. The van der Waals surface area contributed by atoms with Gasteiger partial charge < -0.3 is 14.6 Å². The molecule has 0 heterocycles. The summed E-state index contributed by atoms with van der Waals surface area (Å²) in [5, 5.41) is 16.1. The van der Waals surface area contributed by atoms with Crippen molar-refractivity contribution in [1.29, 1.82) is 0 Å². The van der Waals surface area contributed by atoms with Crippen molar-refractivity contribution in [3.8, 4) is 0 Å². The van der Waals surface area contributed by atoms with Gasteiger partial charge in [0.1, 0.15) is 5.60 Å². The summed E-state index contributed by atoms with van der Waals surface area (Å²) in [5.74, 6) is 0.928. The number of azo groups is 1. The van der Waals surface area contributed by atoms with E-state index in [-0.39, 0.29) is 0 Å². The molecule has 19 heavy (non-hydrogen) atoms. The Hall–Kier alpha value is -1.01. The van der Waals surface area contributed by atoms with Crippen molar-refractivity contribution in [3.63, 3.8) is 0 Å². The van der Waals surface area contributed by atoms with Crippen LogP contribution in [0.4, 0.5) is 4.79 Å². The second kappa shape index (κ2) is 5.54. The Balaban J connectivity index is 2.42. The molecule has 1 N–H and O–H groups in total. The van der Waals surface area contributed by atoms with Gasteiger partial charge in [-0.05, 0) is 47.0 Å². The van der Waals surface area contributed by atoms with E-state index in [4.69, 9.17) is 9.47 Å².